The Labute approximate surface area is 171 Å². The summed E-state index contributed by atoms with van der Waals surface area (Å²) in [4.78, 5) is 6.72. The zero-order chi connectivity index (χ0) is 20.3. The highest BCUT2D eigenvalue weighted by atomic mass is 19.1. The van der Waals surface area contributed by atoms with E-state index in [9.17, 15) is 4.39 Å². The molecule has 1 aliphatic rings. The van der Waals surface area contributed by atoms with E-state index in [1.165, 1.54) is 11.6 Å². The van der Waals surface area contributed by atoms with E-state index in [0.29, 0.717) is 11.7 Å². The molecule has 4 nitrogen and oxygen atoms in total. The lowest BCUT2D eigenvalue weighted by molar-refractivity contribution is 0.235. The minimum Gasteiger partial charge on any atom is -0.334 e. The van der Waals surface area contributed by atoms with Crippen LogP contribution in [0.5, 0.6) is 0 Å². The second-order valence-electron chi connectivity index (χ2n) is 8.15. The summed E-state index contributed by atoms with van der Waals surface area (Å²) in [6.45, 7) is 0.905. The third kappa shape index (κ3) is 4.46. The van der Waals surface area contributed by atoms with Crippen LogP contribution in [0.25, 0.3) is 17.5 Å². The summed E-state index contributed by atoms with van der Waals surface area (Å²) in [5.74, 6) is 0.987. The van der Waals surface area contributed by atoms with E-state index < -0.39 is 0 Å². The van der Waals surface area contributed by atoms with Crippen LogP contribution in [0, 0.1) is 5.82 Å². The number of nitrogens with zero attached hydrogens (tertiary/aromatic N) is 3. The SMILES string of the molecule is CN(C)CC1(c2cccc(F)c2)CCC(=Cc2nc(-c3ccccc3)no2)CC1. The van der Waals surface area contributed by atoms with Gasteiger partial charge in [-0.3, -0.25) is 0 Å². The van der Waals surface area contributed by atoms with Gasteiger partial charge in [0.15, 0.2) is 0 Å². The number of hydrogen-bond acceptors (Lipinski definition) is 4. The van der Waals surface area contributed by atoms with Gasteiger partial charge in [0.2, 0.25) is 5.82 Å². The zero-order valence-corrected chi connectivity index (χ0v) is 16.9. The first-order valence-corrected chi connectivity index (χ1v) is 10.0. The first kappa shape index (κ1) is 19.5. The minimum absolute atomic E-state index is 0.0347. The second kappa shape index (κ2) is 8.29. The summed E-state index contributed by atoms with van der Waals surface area (Å²) in [6.07, 6.45) is 5.84. The van der Waals surface area contributed by atoms with Gasteiger partial charge in [-0.25, -0.2) is 4.39 Å². The highest BCUT2D eigenvalue weighted by molar-refractivity contribution is 5.56. The summed E-state index contributed by atoms with van der Waals surface area (Å²) >= 11 is 0. The average Bonchev–Trinajstić information content (AvgIpc) is 3.18. The molecule has 0 radical (unpaired) electrons. The second-order valence-corrected chi connectivity index (χ2v) is 8.15. The molecule has 150 valence electrons. The molecule has 29 heavy (non-hydrogen) atoms. The molecular weight excluding hydrogens is 365 g/mol. The van der Waals surface area contributed by atoms with Crippen molar-refractivity contribution in [2.45, 2.75) is 31.1 Å². The third-order valence-corrected chi connectivity index (χ3v) is 5.71. The molecule has 1 saturated carbocycles. The van der Waals surface area contributed by atoms with Crippen molar-refractivity contribution in [2.24, 2.45) is 0 Å². The lowest BCUT2D eigenvalue weighted by Gasteiger charge is -2.40. The Bertz CT molecular complexity index is 984. The van der Waals surface area contributed by atoms with Crippen molar-refractivity contribution >= 4 is 6.08 Å². The van der Waals surface area contributed by atoms with E-state index in [1.807, 2.05) is 42.5 Å². The van der Waals surface area contributed by atoms with Gasteiger partial charge in [-0.1, -0.05) is 53.2 Å². The molecule has 0 atom stereocenters. The van der Waals surface area contributed by atoms with Gasteiger partial charge in [-0.2, -0.15) is 4.98 Å². The van der Waals surface area contributed by atoms with Gasteiger partial charge in [0.05, 0.1) is 0 Å². The van der Waals surface area contributed by atoms with Gasteiger partial charge in [0.1, 0.15) is 5.82 Å². The van der Waals surface area contributed by atoms with Crippen molar-refractivity contribution in [1.82, 2.24) is 15.0 Å². The average molecular weight is 391 g/mol. The Morgan fingerprint density at radius 1 is 1.07 bits per heavy atom. The fourth-order valence-electron chi connectivity index (χ4n) is 4.33. The lowest BCUT2D eigenvalue weighted by atomic mass is 9.68. The number of benzene rings is 2. The standard InChI is InChI=1S/C24H26FN3O/c1-28(2)17-24(20-9-6-10-21(25)16-20)13-11-18(12-14-24)15-22-26-23(27-29-22)19-7-4-3-5-8-19/h3-10,15-16H,11-14,17H2,1-2H3. The summed E-state index contributed by atoms with van der Waals surface area (Å²) < 4.78 is 19.3. The summed E-state index contributed by atoms with van der Waals surface area (Å²) in [7, 11) is 4.16. The molecule has 1 aromatic heterocycles. The van der Waals surface area contributed by atoms with Crippen LogP contribution in [-0.4, -0.2) is 35.7 Å². The number of likely N-dealkylation sites (N-methyl/N-ethyl adjacent to an activating group) is 1. The molecule has 1 heterocycles. The number of allylic oxidation sites excluding steroid dienone is 1. The van der Waals surface area contributed by atoms with Crippen molar-refractivity contribution in [1.29, 1.82) is 0 Å². The molecule has 0 unspecified atom stereocenters. The van der Waals surface area contributed by atoms with Crippen molar-refractivity contribution in [3.8, 4) is 11.4 Å². The summed E-state index contributed by atoms with van der Waals surface area (Å²) in [5, 5.41) is 4.10. The van der Waals surface area contributed by atoms with E-state index in [-0.39, 0.29) is 11.2 Å². The predicted octanol–water partition coefficient (Wildman–Crippen LogP) is 5.33. The van der Waals surface area contributed by atoms with E-state index in [4.69, 9.17) is 4.52 Å². The monoisotopic (exact) mass is 391 g/mol. The quantitative estimate of drug-likeness (QED) is 0.589. The van der Waals surface area contributed by atoms with Crippen LogP contribution in [0.4, 0.5) is 4.39 Å². The fourth-order valence-corrected chi connectivity index (χ4v) is 4.33. The molecule has 0 amide bonds. The van der Waals surface area contributed by atoms with Crippen LogP contribution in [0.15, 0.2) is 64.7 Å². The smallest absolute Gasteiger partial charge is 0.250 e. The molecule has 4 rings (SSSR count). The number of halogens is 1. The predicted molar refractivity (Wildman–Crippen MR) is 113 cm³/mol. The number of hydrogen-bond donors (Lipinski definition) is 0. The van der Waals surface area contributed by atoms with Crippen LogP contribution < -0.4 is 0 Å². The Kier molecular flexibility index (Phi) is 5.58. The molecule has 0 saturated heterocycles. The minimum atomic E-state index is -0.165. The molecule has 1 fully saturated rings. The van der Waals surface area contributed by atoms with Crippen LogP contribution >= 0.6 is 0 Å². The van der Waals surface area contributed by atoms with Gasteiger partial charge in [-0.05, 0) is 57.5 Å². The van der Waals surface area contributed by atoms with Crippen LogP contribution in [0.3, 0.4) is 0 Å². The summed E-state index contributed by atoms with van der Waals surface area (Å²) in [5.41, 5.74) is 3.31. The Morgan fingerprint density at radius 3 is 2.52 bits per heavy atom. The summed E-state index contributed by atoms with van der Waals surface area (Å²) in [6, 6.07) is 16.9. The van der Waals surface area contributed by atoms with Gasteiger partial charge in [0.25, 0.3) is 5.89 Å². The van der Waals surface area contributed by atoms with Gasteiger partial charge in [0, 0.05) is 23.6 Å². The van der Waals surface area contributed by atoms with Crippen LogP contribution in [0.2, 0.25) is 0 Å². The topological polar surface area (TPSA) is 42.2 Å². The van der Waals surface area contributed by atoms with Crippen LogP contribution in [-0.2, 0) is 5.41 Å². The van der Waals surface area contributed by atoms with Gasteiger partial charge >= 0.3 is 0 Å². The largest absolute Gasteiger partial charge is 0.334 e. The van der Waals surface area contributed by atoms with Crippen molar-refractivity contribution in [3.05, 3.63) is 77.4 Å². The highest BCUT2D eigenvalue weighted by Crippen LogP contribution is 2.42. The normalized spacial score (nSPS) is 19.5. The molecular formula is C24H26FN3O. The van der Waals surface area contributed by atoms with E-state index in [0.717, 1.165) is 43.4 Å². The molecule has 0 spiro atoms. The number of rotatable bonds is 5. The highest BCUT2D eigenvalue weighted by Gasteiger charge is 2.36. The Hall–Kier alpha value is -2.79. The molecule has 0 aliphatic heterocycles. The maximum absolute atomic E-state index is 13.9. The fraction of sp³-hybridized carbons (Fsp3) is 0.333. The van der Waals surface area contributed by atoms with Crippen molar-refractivity contribution < 1.29 is 8.91 Å². The van der Waals surface area contributed by atoms with Crippen LogP contribution in [0.1, 0.15) is 37.1 Å². The van der Waals surface area contributed by atoms with Crippen molar-refractivity contribution in [2.75, 3.05) is 20.6 Å². The molecule has 1 aliphatic carbocycles. The molecule has 3 aromatic rings. The van der Waals surface area contributed by atoms with Gasteiger partial charge < -0.3 is 9.42 Å². The van der Waals surface area contributed by atoms with Crippen molar-refractivity contribution in [3.63, 3.8) is 0 Å². The van der Waals surface area contributed by atoms with E-state index in [1.54, 1.807) is 6.07 Å². The Balaban J connectivity index is 1.52. The maximum atomic E-state index is 13.9. The zero-order valence-electron chi connectivity index (χ0n) is 16.9. The Morgan fingerprint density at radius 2 is 1.83 bits per heavy atom. The number of aromatic nitrogens is 2. The molecule has 5 heteroatoms. The molecule has 2 aromatic carbocycles. The molecule has 0 N–H and O–H groups in total. The maximum Gasteiger partial charge on any atom is 0.250 e. The van der Waals surface area contributed by atoms with Gasteiger partial charge in [-0.15, -0.1) is 0 Å². The first-order valence-electron chi connectivity index (χ1n) is 10.0. The van der Waals surface area contributed by atoms with E-state index in [2.05, 4.69) is 35.2 Å². The lowest BCUT2D eigenvalue weighted by Crippen LogP contribution is -2.39. The first-order chi connectivity index (χ1) is 14.0. The van der Waals surface area contributed by atoms with E-state index >= 15 is 0 Å². The molecule has 0 bridgehead atoms. The third-order valence-electron chi connectivity index (χ3n) is 5.71.